The van der Waals surface area contributed by atoms with Crippen molar-refractivity contribution in [3.63, 3.8) is 0 Å². The van der Waals surface area contributed by atoms with Gasteiger partial charge in [-0.3, -0.25) is 4.79 Å². The topological polar surface area (TPSA) is 86.7 Å². The molecule has 2 rings (SSSR count). The Bertz CT molecular complexity index is 367. The molecule has 2 N–H and O–H groups in total. The van der Waals surface area contributed by atoms with Crippen LogP contribution < -0.4 is 5.32 Å². The molecule has 0 aromatic heterocycles. The van der Waals surface area contributed by atoms with Gasteiger partial charge in [-0.15, -0.1) is 0 Å². The van der Waals surface area contributed by atoms with Crippen molar-refractivity contribution in [3.05, 3.63) is 0 Å². The molecule has 0 aromatic rings. The molecule has 2 fully saturated rings. The molecule has 0 aromatic carbocycles. The van der Waals surface area contributed by atoms with E-state index >= 15 is 0 Å². The second-order valence-electron chi connectivity index (χ2n) is 4.04. The van der Waals surface area contributed by atoms with Crippen molar-refractivity contribution in [2.45, 2.75) is 12.5 Å². The summed E-state index contributed by atoms with van der Waals surface area (Å²) in [5, 5.41) is 11.7. The molecular weight excluding hydrogens is 220 g/mol. The minimum absolute atomic E-state index is 0.0330. The number of hydrogen-bond acceptors (Lipinski definition) is 4. The Morgan fingerprint density at radius 1 is 1.47 bits per heavy atom. The van der Waals surface area contributed by atoms with Crippen molar-refractivity contribution in [1.29, 1.82) is 0 Å². The van der Waals surface area contributed by atoms with Crippen LogP contribution in [0.2, 0.25) is 0 Å². The molecule has 2 saturated heterocycles. The average Bonchev–Trinajstić information content (AvgIpc) is 2.57. The monoisotopic (exact) mass is 234 g/mol. The fourth-order valence-corrected chi connectivity index (χ4v) is 3.91. The van der Waals surface area contributed by atoms with E-state index in [9.17, 15) is 13.2 Å². The third-order valence-electron chi connectivity index (χ3n) is 3.06. The number of aliphatic carboxylic acids is 1. The molecule has 15 heavy (non-hydrogen) atoms. The van der Waals surface area contributed by atoms with Crippen LogP contribution >= 0.6 is 0 Å². The molecule has 2 aliphatic rings. The first-order chi connectivity index (χ1) is 7.00. The highest BCUT2D eigenvalue weighted by molar-refractivity contribution is 7.89. The molecule has 0 saturated carbocycles. The van der Waals surface area contributed by atoms with Crippen molar-refractivity contribution >= 4 is 16.0 Å². The van der Waals surface area contributed by atoms with E-state index < -0.39 is 21.7 Å². The predicted octanol–water partition coefficient (Wildman–Crippen LogP) is -1.31. The Morgan fingerprint density at radius 3 is 2.87 bits per heavy atom. The number of fused-ring (bicyclic) bond motifs is 1. The van der Waals surface area contributed by atoms with Gasteiger partial charge in [0, 0.05) is 19.1 Å². The Balaban J connectivity index is 2.14. The van der Waals surface area contributed by atoms with Crippen LogP contribution in [0.15, 0.2) is 0 Å². The molecular formula is C8H14N2O4S. The van der Waals surface area contributed by atoms with Gasteiger partial charge in [0.15, 0.2) is 5.75 Å². The van der Waals surface area contributed by atoms with Crippen molar-refractivity contribution < 1.29 is 18.3 Å². The zero-order chi connectivity index (χ0) is 11.1. The Kier molecular flexibility index (Phi) is 2.70. The van der Waals surface area contributed by atoms with Crippen molar-refractivity contribution in [1.82, 2.24) is 9.62 Å². The van der Waals surface area contributed by atoms with Crippen LogP contribution in [0.1, 0.15) is 6.42 Å². The van der Waals surface area contributed by atoms with Crippen LogP contribution in [0, 0.1) is 5.92 Å². The zero-order valence-electron chi connectivity index (χ0n) is 8.22. The standard InChI is InChI=1S/C8H14N2O4S/c11-8(12)5-15(13,14)10-2-1-6-3-9-4-7(6)10/h6-7,9H,1-5H2,(H,11,12). The molecule has 6 nitrogen and oxygen atoms in total. The summed E-state index contributed by atoms with van der Waals surface area (Å²) in [5.41, 5.74) is 0. The molecule has 2 heterocycles. The van der Waals surface area contributed by atoms with E-state index in [1.54, 1.807) is 0 Å². The number of carbonyl (C=O) groups is 1. The van der Waals surface area contributed by atoms with Gasteiger partial charge in [-0.05, 0) is 18.9 Å². The summed E-state index contributed by atoms with van der Waals surface area (Å²) in [6.07, 6.45) is 0.830. The quantitative estimate of drug-likeness (QED) is 0.633. The van der Waals surface area contributed by atoms with Gasteiger partial charge in [0.25, 0.3) is 0 Å². The van der Waals surface area contributed by atoms with Crippen LogP contribution in [0.3, 0.4) is 0 Å². The summed E-state index contributed by atoms with van der Waals surface area (Å²) in [4.78, 5) is 10.4. The van der Waals surface area contributed by atoms with E-state index in [1.807, 2.05) is 0 Å². The highest BCUT2D eigenvalue weighted by atomic mass is 32.2. The first-order valence-electron chi connectivity index (χ1n) is 4.93. The molecule has 2 aliphatic heterocycles. The second-order valence-corrected chi connectivity index (χ2v) is 5.96. The third kappa shape index (κ3) is 1.99. The van der Waals surface area contributed by atoms with Crippen LogP contribution in [0.25, 0.3) is 0 Å². The van der Waals surface area contributed by atoms with E-state index in [1.165, 1.54) is 4.31 Å². The van der Waals surface area contributed by atoms with E-state index in [0.717, 1.165) is 13.0 Å². The average molecular weight is 234 g/mol. The lowest BCUT2D eigenvalue weighted by Gasteiger charge is -2.21. The Labute approximate surface area is 88.3 Å². The first kappa shape index (κ1) is 10.8. The molecule has 7 heteroatoms. The van der Waals surface area contributed by atoms with Crippen molar-refractivity contribution in [3.8, 4) is 0 Å². The lowest BCUT2D eigenvalue weighted by atomic mass is 10.1. The van der Waals surface area contributed by atoms with Gasteiger partial charge in [0.1, 0.15) is 0 Å². The number of sulfonamides is 1. The van der Waals surface area contributed by atoms with Crippen molar-refractivity contribution in [2.24, 2.45) is 5.92 Å². The summed E-state index contributed by atoms with van der Waals surface area (Å²) in [7, 11) is -3.62. The maximum Gasteiger partial charge on any atom is 0.320 e. The van der Waals surface area contributed by atoms with Crippen LogP contribution in [-0.4, -0.2) is 55.2 Å². The molecule has 0 amide bonds. The molecule has 2 atom stereocenters. The lowest BCUT2D eigenvalue weighted by Crippen LogP contribution is -2.41. The molecule has 0 spiro atoms. The molecule has 0 aliphatic carbocycles. The lowest BCUT2D eigenvalue weighted by molar-refractivity contribution is -0.134. The van der Waals surface area contributed by atoms with Gasteiger partial charge in [-0.25, -0.2) is 8.42 Å². The van der Waals surface area contributed by atoms with Gasteiger partial charge in [-0.2, -0.15) is 4.31 Å². The second kappa shape index (κ2) is 3.73. The maximum absolute atomic E-state index is 11.7. The first-order valence-corrected chi connectivity index (χ1v) is 6.53. The van der Waals surface area contributed by atoms with Crippen LogP contribution in [-0.2, 0) is 14.8 Å². The predicted molar refractivity (Wildman–Crippen MR) is 52.9 cm³/mol. The van der Waals surface area contributed by atoms with Gasteiger partial charge in [-0.1, -0.05) is 0 Å². The van der Waals surface area contributed by atoms with Gasteiger partial charge < -0.3 is 10.4 Å². The van der Waals surface area contributed by atoms with Gasteiger partial charge >= 0.3 is 5.97 Å². The van der Waals surface area contributed by atoms with E-state index in [0.29, 0.717) is 19.0 Å². The highest BCUT2D eigenvalue weighted by Gasteiger charge is 2.43. The minimum atomic E-state index is -3.62. The van der Waals surface area contributed by atoms with Crippen LogP contribution in [0.4, 0.5) is 0 Å². The minimum Gasteiger partial charge on any atom is -0.480 e. The summed E-state index contributed by atoms with van der Waals surface area (Å²) in [6.45, 7) is 1.94. The largest absolute Gasteiger partial charge is 0.480 e. The summed E-state index contributed by atoms with van der Waals surface area (Å²) in [5.74, 6) is -1.73. The smallest absolute Gasteiger partial charge is 0.320 e. The van der Waals surface area contributed by atoms with Gasteiger partial charge in [0.05, 0.1) is 0 Å². The maximum atomic E-state index is 11.7. The molecule has 2 unspecified atom stereocenters. The van der Waals surface area contributed by atoms with Crippen molar-refractivity contribution in [2.75, 3.05) is 25.4 Å². The number of nitrogens with zero attached hydrogens (tertiary/aromatic N) is 1. The van der Waals surface area contributed by atoms with E-state index in [4.69, 9.17) is 5.11 Å². The number of rotatable bonds is 3. The number of nitrogens with one attached hydrogen (secondary N) is 1. The third-order valence-corrected chi connectivity index (χ3v) is 4.84. The van der Waals surface area contributed by atoms with Gasteiger partial charge in [0.2, 0.25) is 10.0 Å². The summed E-state index contributed by atoms with van der Waals surface area (Å²) in [6, 6.07) is -0.0330. The fourth-order valence-electron chi connectivity index (χ4n) is 2.39. The number of carboxylic acid groups (broad SMARTS) is 1. The Hall–Kier alpha value is -0.660. The van der Waals surface area contributed by atoms with E-state index in [2.05, 4.69) is 5.32 Å². The molecule has 0 radical (unpaired) electrons. The fraction of sp³-hybridized carbons (Fsp3) is 0.875. The molecule has 0 bridgehead atoms. The van der Waals surface area contributed by atoms with Crippen LogP contribution in [0.5, 0.6) is 0 Å². The van der Waals surface area contributed by atoms with E-state index in [-0.39, 0.29) is 6.04 Å². The SMILES string of the molecule is O=C(O)CS(=O)(=O)N1CCC2CNCC21. The summed E-state index contributed by atoms with van der Waals surface area (Å²) >= 11 is 0. The number of hydrogen-bond donors (Lipinski definition) is 2. The highest BCUT2D eigenvalue weighted by Crippen LogP contribution is 2.29. The zero-order valence-corrected chi connectivity index (χ0v) is 9.03. The molecule has 86 valence electrons. The summed E-state index contributed by atoms with van der Waals surface area (Å²) < 4.78 is 24.8. The Morgan fingerprint density at radius 2 is 2.20 bits per heavy atom. The normalized spacial score (nSPS) is 31.7. The number of carboxylic acids is 1.